The van der Waals surface area contributed by atoms with Crippen LogP contribution in [0.4, 0.5) is 0 Å². The molecule has 0 spiro atoms. The molecule has 2 fully saturated rings. The summed E-state index contributed by atoms with van der Waals surface area (Å²) in [6, 6.07) is 8.50. The number of methoxy groups -OCH3 is 1. The molecule has 1 aromatic heterocycles. The first-order chi connectivity index (χ1) is 13.1. The highest BCUT2D eigenvalue weighted by atomic mass is 16.5. The van der Waals surface area contributed by atoms with Crippen molar-refractivity contribution < 1.29 is 14.0 Å². The van der Waals surface area contributed by atoms with Crippen molar-refractivity contribution in [2.75, 3.05) is 13.7 Å². The van der Waals surface area contributed by atoms with Gasteiger partial charge in [0.1, 0.15) is 0 Å². The highest BCUT2D eigenvalue weighted by Crippen LogP contribution is 2.47. The van der Waals surface area contributed by atoms with Gasteiger partial charge in [-0.3, -0.25) is 0 Å². The molecule has 2 aliphatic rings. The number of hydrogen-bond acceptors (Lipinski definition) is 6. The number of benzene rings is 1. The van der Waals surface area contributed by atoms with Gasteiger partial charge in [-0.05, 0) is 62.6 Å². The van der Waals surface area contributed by atoms with Gasteiger partial charge in [0.25, 0.3) is 0 Å². The third-order valence-electron chi connectivity index (χ3n) is 5.75. The summed E-state index contributed by atoms with van der Waals surface area (Å²) in [6.45, 7) is 2.53. The largest absolute Gasteiger partial charge is 0.493 e. The second-order valence-corrected chi connectivity index (χ2v) is 7.79. The zero-order valence-corrected chi connectivity index (χ0v) is 15.9. The fourth-order valence-electron chi connectivity index (χ4n) is 3.97. The molecule has 2 aromatic rings. The van der Waals surface area contributed by atoms with Crippen LogP contribution in [0.5, 0.6) is 11.5 Å². The highest BCUT2D eigenvalue weighted by molar-refractivity contribution is 5.47. The first kappa shape index (κ1) is 17.8. The van der Waals surface area contributed by atoms with Gasteiger partial charge >= 0.3 is 0 Å². The number of nitriles is 1. The number of hydrogen-bond donors (Lipinski definition) is 0. The van der Waals surface area contributed by atoms with Crippen LogP contribution < -0.4 is 9.47 Å². The fourth-order valence-corrected chi connectivity index (χ4v) is 3.97. The van der Waals surface area contributed by atoms with Gasteiger partial charge < -0.3 is 14.0 Å². The van der Waals surface area contributed by atoms with Crippen molar-refractivity contribution >= 4 is 0 Å². The minimum absolute atomic E-state index is 0.109. The Morgan fingerprint density at radius 1 is 1.30 bits per heavy atom. The van der Waals surface area contributed by atoms with Crippen molar-refractivity contribution in [2.24, 2.45) is 5.92 Å². The Hall–Kier alpha value is -2.55. The molecule has 4 rings (SSSR count). The standard InChI is InChI=1S/C21H25N3O3/c1-14-23-20(27-24-14)16-4-3-9-21(11-16,13-22)17-7-8-18(25-2)19(10-17)26-12-15-5-6-15/h7-8,10,15-16H,3-6,9,11-12H2,1-2H3. The van der Waals surface area contributed by atoms with Crippen molar-refractivity contribution in [2.45, 2.75) is 56.8 Å². The van der Waals surface area contributed by atoms with Crippen LogP contribution in [0, 0.1) is 24.2 Å². The van der Waals surface area contributed by atoms with E-state index < -0.39 is 5.41 Å². The van der Waals surface area contributed by atoms with E-state index >= 15 is 0 Å². The monoisotopic (exact) mass is 367 g/mol. The first-order valence-electron chi connectivity index (χ1n) is 9.66. The van der Waals surface area contributed by atoms with Crippen LogP contribution in [-0.2, 0) is 5.41 Å². The van der Waals surface area contributed by atoms with Crippen LogP contribution in [0.3, 0.4) is 0 Å². The summed E-state index contributed by atoms with van der Waals surface area (Å²) in [5.74, 6) is 3.49. The first-order valence-corrected chi connectivity index (χ1v) is 9.66. The molecule has 27 heavy (non-hydrogen) atoms. The van der Waals surface area contributed by atoms with E-state index in [9.17, 15) is 5.26 Å². The van der Waals surface area contributed by atoms with E-state index in [0.717, 1.165) is 30.6 Å². The van der Waals surface area contributed by atoms with Crippen molar-refractivity contribution in [1.29, 1.82) is 5.26 Å². The van der Waals surface area contributed by atoms with Crippen LogP contribution >= 0.6 is 0 Å². The average Bonchev–Trinajstić information content (AvgIpc) is 3.44. The minimum atomic E-state index is -0.574. The lowest BCUT2D eigenvalue weighted by Crippen LogP contribution is -2.31. The van der Waals surface area contributed by atoms with Crippen molar-refractivity contribution in [3.8, 4) is 17.6 Å². The SMILES string of the molecule is COc1ccc(C2(C#N)CCCC(c3nc(C)no3)C2)cc1OCC1CC1. The number of aromatic nitrogens is 2. The number of ether oxygens (including phenoxy) is 2. The molecule has 0 bridgehead atoms. The van der Waals surface area contributed by atoms with E-state index in [1.165, 1.54) is 12.8 Å². The molecule has 1 heterocycles. The van der Waals surface area contributed by atoms with Crippen LogP contribution in [-0.4, -0.2) is 23.9 Å². The van der Waals surface area contributed by atoms with E-state index in [1.54, 1.807) is 7.11 Å². The molecule has 0 amide bonds. The van der Waals surface area contributed by atoms with Gasteiger partial charge in [0, 0.05) is 5.92 Å². The van der Waals surface area contributed by atoms with Crippen LogP contribution in [0.25, 0.3) is 0 Å². The summed E-state index contributed by atoms with van der Waals surface area (Å²) in [7, 11) is 1.65. The lowest BCUT2D eigenvalue weighted by Gasteiger charge is -2.35. The molecule has 0 aliphatic heterocycles. The predicted octanol–water partition coefficient (Wildman–Crippen LogP) is 4.29. The van der Waals surface area contributed by atoms with E-state index in [1.807, 2.05) is 25.1 Å². The van der Waals surface area contributed by atoms with Crippen molar-refractivity contribution in [3.05, 3.63) is 35.5 Å². The Labute approximate surface area is 159 Å². The second kappa shape index (κ2) is 7.22. The molecule has 0 N–H and O–H groups in total. The molecule has 6 heteroatoms. The summed E-state index contributed by atoms with van der Waals surface area (Å²) in [4.78, 5) is 4.40. The highest BCUT2D eigenvalue weighted by Gasteiger charge is 2.41. The molecule has 2 unspecified atom stereocenters. The molecule has 6 nitrogen and oxygen atoms in total. The molecular weight excluding hydrogens is 342 g/mol. The van der Waals surface area contributed by atoms with Crippen molar-refractivity contribution in [3.63, 3.8) is 0 Å². The van der Waals surface area contributed by atoms with Gasteiger partial charge in [0.2, 0.25) is 5.89 Å². The normalized spacial score (nSPS) is 25.0. The summed E-state index contributed by atoms with van der Waals surface area (Å²) in [5, 5.41) is 14.0. The van der Waals surface area contributed by atoms with Gasteiger partial charge in [-0.1, -0.05) is 17.6 Å². The quantitative estimate of drug-likeness (QED) is 0.757. The van der Waals surface area contributed by atoms with Crippen LogP contribution in [0.2, 0.25) is 0 Å². The minimum Gasteiger partial charge on any atom is -0.493 e. The van der Waals surface area contributed by atoms with Crippen molar-refractivity contribution in [1.82, 2.24) is 10.1 Å². The molecular formula is C21H25N3O3. The molecule has 0 radical (unpaired) electrons. The topological polar surface area (TPSA) is 81.2 Å². The summed E-state index contributed by atoms with van der Waals surface area (Å²) < 4.78 is 16.9. The maximum absolute atomic E-state index is 10.1. The van der Waals surface area contributed by atoms with Gasteiger partial charge in [0.15, 0.2) is 17.3 Å². The molecule has 1 aromatic carbocycles. The lowest BCUT2D eigenvalue weighted by molar-refractivity contribution is 0.263. The third-order valence-corrected chi connectivity index (χ3v) is 5.75. The maximum atomic E-state index is 10.1. The number of nitrogens with zero attached hydrogens (tertiary/aromatic N) is 3. The van der Waals surface area contributed by atoms with Gasteiger partial charge in [-0.15, -0.1) is 0 Å². The Bertz CT molecular complexity index is 853. The summed E-state index contributed by atoms with van der Waals surface area (Å²) >= 11 is 0. The third kappa shape index (κ3) is 3.64. The van der Waals surface area contributed by atoms with Gasteiger partial charge in [-0.2, -0.15) is 10.2 Å². The Morgan fingerprint density at radius 2 is 2.15 bits per heavy atom. The molecule has 2 aliphatic carbocycles. The van der Waals surface area contributed by atoms with Gasteiger partial charge in [-0.25, -0.2) is 0 Å². The smallest absolute Gasteiger partial charge is 0.229 e. The average molecular weight is 367 g/mol. The Morgan fingerprint density at radius 3 is 2.81 bits per heavy atom. The van der Waals surface area contributed by atoms with Crippen LogP contribution in [0.1, 0.15) is 61.7 Å². The molecule has 142 valence electrons. The summed E-state index contributed by atoms with van der Waals surface area (Å²) in [5.41, 5.74) is 0.410. The van der Waals surface area contributed by atoms with E-state index in [0.29, 0.717) is 36.4 Å². The van der Waals surface area contributed by atoms with Gasteiger partial charge in [0.05, 0.1) is 25.2 Å². The molecule has 2 atom stereocenters. The van der Waals surface area contributed by atoms with Crippen LogP contribution in [0.15, 0.2) is 22.7 Å². The number of aryl methyl sites for hydroxylation is 1. The van der Waals surface area contributed by atoms with E-state index in [2.05, 4.69) is 16.2 Å². The second-order valence-electron chi connectivity index (χ2n) is 7.79. The maximum Gasteiger partial charge on any atom is 0.229 e. The molecule has 2 saturated carbocycles. The van der Waals surface area contributed by atoms with E-state index in [4.69, 9.17) is 14.0 Å². The Balaban J connectivity index is 1.62. The molecule has 0 saturated heterocycles. The van der Waals surface area contributed by atoms with E-state index in [-0.39, 0.29) is 5.92 Å². The zero-order chi connectivity index (χ0) is 18.9. The number of rotatable bonds is 6. The fraction of sp³-hybridized carbons (Fsp3) is 0.571. The predicted molar refractivity (Wildman–Crippen MR) is 98.7 cm³/mol. The lowest BCUT2D eigenvalue weighted by atomic mass is 9.66. The zero-order valence-electron chi connectivity index (χ0n) is 15.9. The summed E-state index contributed by atoms with van der Waals surface area (Å²) in [6.07, 6.45) is 5.88. The Kier molecular flexibility index (Phi) is 4.77.